The molecule has 9 heterocycles. The van der Waals surface area contributed by atoms with E-state index in [2.05, 4.69) is 167 Å². The molecule has 0 aromatic carbocycles. The van der Waals surface area contributed by atoms with Crippen molar-refractivity contribution in [3.05, 3.63) is 172 Å². The standard InChI is InChI=1S/C48H50Cl2N8/c1-5-55-25-16-33(17-26-55)44-37-9-10-39(51-37)45(34-18-27-56(6-2)28-19-34)41-13-14-43(53-41)48(50,36-22-31-58(8-4)32-23-36)47(49)24-15-42(54-47)46(40-12-11-38(44)52-40)35-20-29-57(7-3)30-21-35/h9-25,27,29,31,52-53H,5-8,26,28,30,32H2,1-4H3. The molecule has 9 rings (SSSR count). The lowest BCUT2D eigenvalue weighted by Crippen LogP contribution is -2.42. The monoisotopic (exact) mass is 808 g/mol. The number of rotatable bonds is 8. The Morgan fingerprint density at radius 3 is 1.62 bits per heavy atom. The summed E-state index contributed by atoms with van der Waals surface area (Å²) in [5, 5.41) is 1.92. The van der Waals surface area contributed by atoms with E-state index in [4.69, 9.17) is 33.2 Å². The zero-order valence-corrected chi connectivity index (χ0v) is 35.2. The summed E-state index contributed by atoms with van der Waals surface area (Å²) in [5.74, 6) is 0. The van der Waals surface area contributed by atoms with Gasteiger partial charge in [-0.25, -0.2) is 4.99 Å². The van der Waals surface area contributed by atoms with Gasteiger partial charge in [-0.15, -0.1) is 11.6 Å². The lowest BCUT2D eigenvalue weighted by molar-refractivity contribution is 0.427. The van der Waals surface area contributed by atoms with E-state index in [0.717, 1.165) is 131 Å². The number of hydrogen-bond donors (Lipinski definition) is 2. The maximum Gasteiger partial charge on any atom is 0.181 e. The number of halogens is 2. The van der Waals surface area contributed by atoms with Crippen LogP contribution in [0.15, 0.2) is 160 Å². The first-order valence-electron chi connectivity index (χ1n) is 20.6. The molecule has 2 aromatic heterocycles. The van der Waals surface area contributed by atoms with Gasteiger partial charge in [0.2, 0.25) is 0 Å². The Hall–Kier alpha value is -5.44. The van der Waals surface area contributed by atoms with Gasteiger partial charge in [0.05, 0.1) is 17.1 Å². The van der Waals surface area contributed by atoms with Crippen molar-refractivity contribution >= 4 is 51.3 Å². The molecule has 0 amide bonds. The zero-order chi connectivity index (χ0) is 40.0. The minimum atomic E-state index is -1.37. The Morgan fingerprint density at radius 1 is 0.569 bits per heavy atom. The first-order valence-corrected chi connectivity index (χ1v) is 21.3. The molecule has 10 heteroatoms. The number of aromatic amines is 2. The SMILES string of the molecule is CCN1C=CC(C2=C3C=CC(=N3)C(C3=CCN(CC)C=C3)=c3ccc([nH]3)=C(C3=CCN(CC)C=C3)C3=NC(Cl)(C=C3)C(Cl)(C3=CCN(CC)C=C3)c3ccc2[nH]3)=CC1. The minimum Gasteiger partial charge on any atom is -0.374 e. The molecule has 0 saturated carbocycles. The first-order chi connectivity index (χ1) is 28.2. The number of fused-ring (bicyclic) bond motifs is 6. The predicted molar refractivity (Wildman–Crippen MR) is 242 cm³/mol. The number of hydrogen-bond acceptors (Lipinski definition) is 6. The number of aliphatic imine (C=N–C) groups is 2. The van der Waals surface area contributed by atoms with Crippen LogP contribution in [0.5, 0.6) is 0 Å². The lowest BCUT2D eigenvalue weighted by Gasteiger charge is -2.39. The van der Waals surface area contributed by atoms with Gasteiger partial charge < -0.3 is 29.6 Å². The predicted octanol–water partition coefficient (Wildman–Crippen LogP) is 7.56. The van der Waals surface area contributed by atoms with Gasteiger partial charge in [0, 0.05) is 91.2 Å². The van der Waals surface area contributed by atoms with Crippen LogP contribution < -0.4 is 10.7 Å². The third-order valence-electron chi connectivity index (χ3n) is 12.1. The summed E-state index contributed by atoms with van der Waals surface area (Å²) in [6.07, 6.45) is 34.6. The molecule has 0 aliphatic carbocycles. The number of nitrogens with zero attached hydrogens (tertiary/aromatic N) is 6. The number of H-pyrrole nitrogens is 2. The van der Waals surface area contributed by atoms with E-state index in [1.165, 1.54) is 0 Å². The van der Waals surface area contributed by atoms with Gasteiger partial charge in [0.1, 0.15) is 0 Å². The fraction of sp³-hybridized carbons (Fsp3) is 0.292. The Kier molecular flexibility index (Phi) is 10.1. The summed E-state index contributed by atoms with van der Waals surface area (Å²) >= 11 is 16.0. The number of nitrogens with one attached hydrogen (secondary N) is 2. The van der Waals surface area contributed by atoms with Crippen LogP contribution in [-0.2, 0) is 4.87 Å². The molecule has 58 heavy (non-hydrogen) atoms. The van der Waals surface area contributed by atoms with Crippen molar-refractivity contribution in [1.82, 2.24) is 29.6 Å². The molecule has 7 aliphatic heterocycles. The normalized spacial score (nSPS) is 25.1. The van der Waals surface area contributed by atoms with E-state index in [1.54, 1.807) is 0 Å². The van der Waals surface area contributed by atoms with Gasteiger partial charge in [0.15, 0.2) is 9.87 Å². The molecule has 0 spiro atoms. The van der Waals surface area contributed by atoms with Crippen molar-refractivity contribution < 1.29 is 0 Å². The molecule has 8 bridgehead atoms. The zero-order valence-electron chi connectivity index (χ0n) is 33.6. The molecule has 0 saturated heterocycles. The quantitative estimate of drug-likeness (QED) is 0.214. The van der Waals surface area contributed by atoms with Crippen LogP contribution in [0.2, 0.25) is 0 Å². The number of aromatic nitrogens is 2. The summed E-state index contributed by atoms with van der Waals surface area (Å²) < 4.78 is 0. The Morgan fingerprint density at radius 2 is 1.10 bits per heavy atom. The van der Waals surface area contributed by atoms with E-state index in [0.29, 0.717) is 0 Å². The number of likely N-dealkylation sites (N-methyl/N-ethyl adjacent to an activating group) is 4. The summed E-state index contributed by atoms with van der Waals surface area (Å²) in [6.45, 7) is 15.5. The lowest BCUT2D eigenvalue weighted by atomic mass is 9.85. The Labute approximate surface area is 351 Å². The second kappa shape index (κ2) is 15.4. The van der Waals surface area contributed by atoms with Gasteiger partial charge in [-0.2, -0.15) is 0 Å². The van der Waals surface area contributed by atoms with E-state index in [9.17, 15) is 0 Å². The van der Waals surface area contributed by atoms with Gasteiger partial charge in [0.25, 0.3) is 0 Å². The summed E-state index contributed by atoms with van der Waals surface area (Å²) in [5.41, 5.74) is 11.4. The van der Waals surface area contributed by atoms with Crippen molar-refractivity contribution in [1.29, 1.82) is 0 Å². The number of allylic oxidation sites excluding steroid dienone is 11. The van der Waals surface area contributed by atoms with Crippen LogP contribution >= 0.6 is 23.2 Å². The molecule has 0 fully saturated rings. The molecule has 296 valence electrons. The average Bonchev–Trinajstić information content (AvgIpc) is 4.11. The maximum absolute atomic E-state index is 8.14. The van der Waals surface area contributed by atoms with Crippen molar-refractivity contribution in [2.45, 2.75) is 37.6 Å². The highest BCUT2D eigenvalue weighted by molar-refractivity contribution is 6.41. The van der Waals surface area contributed by atoms with Crippen LogP contribution in [0.3, 0.4) is 0 Å². The molecular formula is C48H50Cl2N8. The van der Waals surface area contributed by atoms with Crippen LogP contribution in [0, 0.1) is 0 Å². The molecule has 8 nitrogen and oxygen atoms in total. The molecule has 7 aliphatic rings. The van der Waals surface area contributed by atoms with E-state index < -0.39 is 9.87 Å². The van der Waals surface area contributed by atoms with Crippen LogP contribution in [0.1, 0.15) is 39.1 Å². The summed E-state index contributed by atoms with van der Waals surface area (Å²) in [4.78, 5) is 25.0. The molecule has 2 aromatic rings. The van der Waals surface area contributed by atoms with E-state index in [-0.39, 0.29) is 0 Å². The highest BCUT2D eigenvalue weighted by atomic mass is 35.5. The Balaban J connectivity index is 1.34. The fourth-order valence-electron chi connectivity index (χ4n) is 8.58. The van der Waals surface area contributed by atoms with E-state index in [1.807, 2.05) is 12.2 Å². The third kappa shape index (κ3) is 6.56. The van der Waals surface area contributed by atoms with Gasteiger partial charge >= 0.3 is 0 Å². The average molecular weight is 810 g/mol. The van der Waals surface area contributed by atoms with Crippen LogP contribution in [0.4, 0.5) is 0 Å². The van der Waals surface area contributed by atoms with Crippen molar-refractivity contribution in [3.8, 4) is 0 Å². The van der Waals surface area contributed by atoms with Gasteiger partial charge in [-0.1, -0.05) is 35.9 Å². The topological polar surface area (TPSA) is 69.3 Å². The van der Waals surface area contributed by atoms with Crippen LogP contribution in [0.25, 0.3) is 16.7 Å². The first kappa shape index (κ1) is 38.1. The molecular weight excluding hydrogens is 759 g/mol. The molecule has 2 unspecified atom stereocenters. The fourth-order valence-corrected chi connectivity index (χ4v) is 9.30. The Bertz CT molecular complexity index is 2570. The number of alkyl halides is 2. The van der Waals surface area contributed by atoms with Crippen molar-refractivity contribution in [3.63, 3.8) is 0 Å². The second-order valence-electron chi connectivity index (χ2n) is 15.3. The maximum atomic E-state index is 8.14. The third-order valence-corrected chi connectivity index (χ3v) is 13.4. The van der Waals surface area contributed by atoms with Crippen LogP contribution in [-0.4, -0.2) is 98.3 Å². The molecule has 0 radical (unpaired) electrons. The second-order valence-corrected chi connectivity index (χ2v) is 16.5. The van der Waals surface area contributed by atoms with Gasteiger partial charge in [-0.3, -0.25) is 4.99 Å². The van der Waals surface area contributed by atoms with Crippen molar-refractivity contribution in [2.24, 2.45) is 9.98 Å². The highest BCUT2D eigenvalue weighted by Crippen LogP contribution is 2.54. The van der Waals surface area contributed by atoms with Gasteiger partial charge in [-0.05, 0) is 148 Å². The smallest absolute Gasteiger partial charge is 0.181 e. The van der Waals surface area contributed by atoms with Crippen molar-refractivity contribution in [2.75, 3.05) is 52.4 Å². The highest BCUT2D eigenvalue weighted by Gasteiger charge is 2.54. The molecule has 2 N–H and O–H groups in total. The summed E-state index contributed by atoms with van der Waals surface area (Å²) in [7, 11) is 0. The molecule has 2 atom stereocenters. The minimum absolute atomic E-state index is 0.718. The van der Waals surface area contributed by atoms with E-state index >= 15 is 0 Å². The largest absolute Gasteiger partial charge is 0.374 e. The summed E-state index contributed by atoms with van der Waals surface area (Å²) in [6, 6.07) is 8.53.